The van der Waals surface area contributed by atoms with Gasteiger partial charge in [-0.15, -0.1) is 0 Å². The van der Waals surface area contributed by atoms with Crippen molar-refractivity contribution in [2.45, 2.75) is 38.5 Å². The van der Waals surface area contributed by atoms with Crippen molar-refractivity contribution in [2.75, 3.05) is 13.2 Å². The minimum absolute atomic E-state index is 0.0276. The van der Waals surface area contributed by atoms with Crippen LogP contribution in [0.15, 0.2) is 84.9 Å². The highest BCUT2D eigenvalue weighted by molar-refractivity contribution is 6.04. The highest BCUT2D eigenvalue weighted by atomic mass is 16.5. The Bertz CT molecular complexity index is 1380. The van der Waals surface area contributed by atoms with Crippen LogP contribution < -0.4 is 9.47 Å². The monoisotopic (exact) mass is 512 g/mol. The van der Waals surface area contributed by atoms with E-state index < -0.39 is 11.9 Å². The fourth-order valence-electron chi connectivity index (χ4n) is 4.49. The number of unbranched alkanes of at least 4 members (excludes halogenated alkanes) is 2. The molecule has 0 spiro atoms. The van der Waals surface area contributed by atoms with Crippen LogP contribution in [0.1, 0.15) is 57.5 Å². The third kappa shape index (κ3) is 7.13. The molecular formula is C32H32O6. The molecule has 0 aliphatic heterocycles. The Labute approximate surface area is 222 Å². The van der Waals surface area contributed by atoms with E-state index in [1.54, 1.807) is 0 Å². The molecule has 4 rings (SSSR count). The van der Waals surface area contributed by atoms with Gasteiger partial charge in [-0.3, -0.25) is 0 Å². The predicted molar refractivity (Wildman–Crippen MR) is 148 cm³/mol. The molecule has 0 saturated carbocycles. The first-order chi connectivity index (χ1) is 18.5. The molecular weight excluding hydrogens is 480 g/mol. The Kier molecular flexibility index (Phi) is 9.35. The number of ether oxygens (including phenoxy) is 2. The summed E-state index contributed by atoms with van der Waals surface area (Å²) in [6.45, 7) is 0.608. The minimum Gasteiger partial charge on any atom is -0.490 e. The molecule has 6 heteroatoms. The standard InChI is InChI=1S/C32H32O6/c33-31(34)27-18-19-28(37-20-8-2-5-12-23-10-3-1-4-11-23)30(29(27)32(35)36)38-21-9-13-24-16-17-25-14-6-7-15-26(25)22-24/h1,3-4,6-7,10-11,14-19,22H,2,5,8-9,12-13,20-21H2,(H,33,34)(H,35,36). The van der Waals surface area contributed by atoms with Crippen LogP contribution >= 0.6 is 0 Å². The molecule has 6 nitrogen and oxygen atoms in total. The number of benzene rings is 4. The molecule has 0 bridgehead atoms. The van der Waals surface area contributed by atoms with Crippen LogP contribution in [0, 0.1) is 0 Å². The summed E-state index contributed by atoms with van der Waals surface area (Å²) >= 11 is 0. The first-order valence-electron chi connectivity index (χ1n) is 12.9. The summed E-state index contributed by atoms with van der Waals surface area (Å²) in [5, 5.41) is 21.7. The molecule has 0 radical (unpaired) electrons. The lowest BCUT2D eigenvalue weighted by molar-refractivity contribution is 0.0646. The van der Waals surface area contributed by atoms with Gasteiger partial charge < -0.3 is 19.7 Å². The van der Waals surface area contributed by atoms with E-state index in [2.05, 4.69) is 42.5 Å². The Morgan fingerprint density at radius 2 is 1.32 bits per heavy atom. The van der Waals surface area contributed by atoms with Gasteiger partial charge in [0.25, 0.3) is 0 Å². The number of aromatic carboxylic acids is 2. The maximum absolute atomic E-state index is 12.0. The molecule has 0 atom stereocenters. The van der Waals surface area contributed by atoms with Crippen molar-refractivity contribution in [3.63, 3.8) is 0 Å². The first-order valence-corrected chi connectivity index (χ1v) is 12.9. The van der Waals surface area contributed by atoms with Crippen molar-refractivity contribution in [3.05, 3.63) is 107 Å². The maximum atomic E-state index is 12.0. The van der Waals surface area contributed by atoms with Gasteiger partial charge in [0, 0.05) is 0 Å². The second kappa shape index (κ2) is 13.3. The van der Waals surface area contributed by atoms with Gasteiger partial charge in [-0.1, -0.05) is 72.8 Å². The van der Waals surface area contributed by atoms with E-state index >= 15 is 0 Å². The Balaban J connectivity index is 1.37. The van der Waals surface area contributed by atoms with Crippen LogP contribution in [0.4, 0.5) is 0 Å². The highest BCUT2D eigenvalue weighted by Crippen LogP contribution is 2.35. The molecule has 0 fully saturated rings. The Morgan fingerprint density at radius 3 is 2.08 bits per heavy atom. The number of carbonyl (C=O) groups is 2. The molecule has 0 amide bonds. The molecule has 38 heavy (non-hydrogen) atoms. The van der Waals surface area contributed by atoms with E-state index in [9.17, 15) is 19.8 Å². The fraction of sp³-hybridized carbons (Fsp3) is 0.250. The van der Waals surface area contributed by atoms with Gasteiger partial charge >= 0.3 is 11.9 Å². The summed E-state index contributed by atoms with van der Waals surface area (Å²) in [5.41, 5.74) is 1.74. The first kappa shape index (κ1) is 26.7. The van der Waals surface area contributed by atoms with E-state index in [0.29, 0.717) is 13.0 Å². The fourth-order valence-corrected chi connectivity index (χ4v) is 4.49. The number of carboxylic acids is 2. The van der Waals surface area contributed by atoms with Gasteiger partial charge in [-0.05, 0) is 72.6 Å². The van der Waals surface area contributed by atoms with Crippen molar-refractivity contribution in [3.8, 4) is 11.5 Å². The molecule has 4 aromatic carbocycles. The predicted octanol–water partition coefficient (Wildman–Crippen LogP) is 7.04. The average molecular weight is 513 g/mol. The van der Waals surface area contributed by atoms with E-state index in [1.165, 1.54) is 23.1 Å². The van der Waals surface area contributed by atoms with Crippen molar-refractivity contribution in [2.24, 2.45) is 0 Å². The summed E-state index contributed by atoms with van der Waals surface area (Å²) in [6, 6.07) is 27.5. The summed E-state index contributed by atoms with van der Waals surface area (Å²) < 4.78 is 11.8. The van der Waals surface area contributed by atoms with Crippen LogP contribution in [-0.4, -0.2) is 35.4 Å². The largest absolute Gasteiger partial charge is 0.490 e. The third-order valence-corrected chi connectivity index (χ3v) is 6.45. The second-order valence-corrected chi connectivity index (χ2v) is 9.20. The number of hydrogen-bond acceptors (Lipinski definition) is 4. The molecule has 0 aliphatic rings. The van der Waals surface area contributed by atoms with Gasteiger partial charge in [0.1, 0.15) is 5.56 Å². The van der Waals surface area contributed by atoms with Gasteiger partial charge in [-0.2, -0.15) is 0 Å². The molecule has 0 unspecified atom stereocenters. The highest BCUT2D eigenvalue weighted by Gasteiger charge is 2.25. The van der Waals surface area contributed by atoms with Crippen molar-refractivity contribution in [1.82, 2.24) is 0 Å². The van der Waals surface area contributed by atoms with Crippen molar-refractivity contribution >= 4 is 22.7 Å². The van der Waals surface area contributed by atoms with E-state index in [0.717, 1.165) is 43.1 Å². The van der Waals surface area contributed by atoms with Crippen LogP contribution in [0.5, 0.6) is 11.5 Å². The molecule has 0 aromatic heterocycles. The van der Waals surface area contributed by atoms with Crippen molar-refractivity contribution < 1.29 is 29.3 Å². The summed E-state index contributed by atoms with van der Waals surface area (Å²) in [4.78, 5) is 23.7. The van der Waals surface area contributed by atoms with E-state index in [-0.39, 0.29) is 29.2 Å². The van der Waals surface area contributed by atoms with Gasteiger partial charge in [0.15, 0.2) is 11.5 Å². The lowest BCUT2D eigenvalue weighted by Gasteiger charge is -2.16. The maximum Gasteiger partial charge on any atom is 0.340 e. The van der Waals surface area contributed by atoms with Gasteiger partial charge in [-0.25, -0.2) is 9.59 Å². The molecule has 0 saturated heterocycles. The van der Waals surface area contributed by atoms with Crippen LogP contribution in [0.2, 0.25) is 0 Å². The lowest BCUT2D eigenvalue weighted by Crippen LogP contribution is -2.13. The second-order valence-electron chi connectivity index (χ2n) is 9.20. The number of aryl methyl sites for hydroxylation is 2. The summed E-state index contributed by atoms with van der Waals surface area (Å²) in [5.74, 6) is -2.46. The molecule has 4 aromatic rings. The zero-order valence-electron chi connectivity index (χ0n) is 21.3. The molecule has 0 heterocycles. The van der Waals surface area contributed by atoms with E-state index in [1.807, 2.05) is 30.3 Å². The quantitative estimate of drug-likeness (QED) is 0.176. The topological polar surface area (TPSA) is 93.1 Å². The third-order valence-electron chi connectivity index (χ3n) is 6.45. The normalized spacial score (nSPS) is 10.8. The van der Waals surface area contributed by atoms with Crippen molar-refractivity contribution in [1.29, 1.82) is 0 Å². The molecule has 196 valence electrons. The van der Waals surface area contributed by atoms with Crippen LogP contribution in [0.25, 0.3) is 10.8 Å². The lowest BCUT2D eigenvalue weighted by atomic mass is 10.0. The number of hydrogen-bond donors (Lipinski definition) is 2. The Hall–Kier alpha value is -4.32. The number of rotatable bonds is 14. The molecule has 0 aliphatic carbocycles. The summed E-state index contributed by atoms with van der Waals surface area (Å²) in [6.07, 6.45) is 5.12. The van der Waals surface area contributed by atoms with Crippen LogP contribution in [0.3, 0.4) is 0 Å². The zero-order valence-corrected chi connectivity index (χ0v) is 21.3. The average Bonchev–Trinajstić information content (AvgIpc) is 2.93. The van der Waals surface area contributed by atoms with Gasteiger partial charge in [0.05, 0.1) is 18.8 Å². The SMILES string of the molecule is O=C(O)c1ccc(OCCCCCc2ccccc2)c(OCCCc2ccc3ccccc3c2)c1C(=O)O. The van der Waals surface area contributed by atoms with E-state index in [4.69, 9.17) is 9.47 Å². The minimum atomic E-state index is -1.36. The summed E-state index contributed by atoms with van der Waals surface area (Å²) in [7, 11) is 0. The zero-order chi connectivity index (χ0) is 26.7. The Morgan fingerprint density at radius 1 is 0.605 bits per heavy atom. The number of carboxylic acid groups (broad SMARTS) is 2. The smallest absolute Gasteiger partial charge is 0.340 e. The molecule has 2 N–H and O–H groups in total. The van der Waals surface area contributed by atoms with Gasteiger partial charge in [0.2, 0.25) is 0 Å². The van der Waals surface area contributed by atoms with Crippen LogP contribution in [-0.2, 0) is 12.8 Å². The number of fused-ring (bicyclic) bond motifs is 1.